The molecule has 5 rings (SSSR count). The molecule has 0 bridgehead atoms. The van der Waals surface area contributed by atoms with Crippen LogP contribution < -0.4 is 9.47 Å². The van der Waals surface area contributed by atoms with Gasteiger partial charge in [0.15, 0.2) is 0 Å². The molecular formula is C37H38O6. The lowest BCUT2D eigenvalue weighted by Crippen LogP contribution is -2.32. The van der Waals surface area contributed by atoms with Gasteiger partial charge in [-0.05, 0) is 89.8 Å². The molecule has 0 amide bonds. The second kappa shape index (κ2) is 10.9. The molecule has 0 heterocycles. The van der Waals surface area contributed by atoms with Gasteiger partial charge in [0.25, 0.3) is 0 Å². The van der Waals surface area contributed by atoms with E-state index in [0.29, 0.717) is 11.5 Å². The summed E-state index contributed by atoms with van der Waals surface area (Å²) in [5.41, 5.74) is 4.87. The van der Waals surface area contributed by atoms with Crippen molar-refractivity contribution in [3.05, 3.63) is 118 Å². The molecule has 0 saturated carbocycles. The molecular weight excluding hydrogens is 540 g/mol. The molecule has 0 aliphatic heterocycles. The normalized spacial score (nSPS) is 13.5. The lowest BCUT2D eigenvalue weighted by molar-refractivity contribution is 0.0193. The first kappa shape index (κ1) is 29.9. The number of carbonyl (C=O) groups excluding carboxylic acids is 2. The molecule has 6 heteroatoms. The average molecular weight is 579 g/mol. The van der Waals surface area contributed by atoms with Crippen LogP contribution in [0.2, 0.25) is 0 Å². The lowest BCUT2D eigenvalue weighted by atomic mass is 9.66. The van der Waals surface area contributed by atoms with Crippen molar-refractivity contribution in [3.63, 3.8) is 0 Å². The summed E-state index contributed by atoms with van der Waals surface area (Å²) in [5.74, 6) is 0.687. The third-order valence-corrected chi connectivity index (χ3v) is 7.20. The fraction of sp³-hybridized carbons (Fsp3) is 0.297. The van der Waals surface area contributed by atoms with Crippen LogP contribution in [0, 0.1) is 13.8 Å². The minimum Gasteiger partial charge on any atom is -0.428 e. The molecule has 0 unspecified atom stereocenters. The van der Waals surface area contributed by atoms with Gasteiger partial charge in [-0.15, -0.1) is 0 Å². The van der Waals surface area contributed by atoms with Crippen LogP contribution in [0.5, 0.6) is 11.5 Å². The van der Waals surface area contributed by atoms with Crippen molar-refractivity contribution in [2.45, 2.75) is 72.0 Å². The van der Waals surface area contributed by atoms with Gasteiger partial charge in [-0.2, -0.15) is 0 Å². The molecule has 6 nitrogen and oxygen atoms in total. The molecule has 1 aliphatic rings. The summed E-state index contributed by atoms with van der Waals surface area (Å²) in [4.78, 5) is 26.2. The fourth-order valence-corrected chi connectivity index (χ4v) is 5.73. The van der Waals surface area contributed by atoms with Gasteiger partial charge in [0.1, 0.15) is 22.7 Å². The van der Waals surface area contributed by atoms with Gasteiger partial charge < -0.3 is 18.9 Å². The minimum atomic E-state index is -1.03. The third kappa shape index (κ3) is 5.87. The highest BCUT2D eigenvalue weighted by Gasteiger charge is 2.49. The maximum absolute atomic E-state index is 13.1. The number of fused-ring (bicyclic) bond motifs is 3. The number of hydrogen-bond donors (Lipinski definition) is 0. The molecule has 0 atom stereocenters. The average Bonchev–Trinajstić information content (AvgIpc) is 3.20. The van der Waals surface area contributed by atoms with Gasteiger partial charge in [-0.3, -0.25) is 0 Å². The van der Waals surface area contributed by atoms with Crippen LogP contribution in [0.3, 0.4) is 0 Å². The summed E-state index contributed by atoms with van der Waals surface area (Å²) < 4.78 is 23.1. The standard InChI is InChI=1S/C37H38O6/c1-23-17-19-31(40-33(38)42-35(3,4)5)29(21-23)37(27-15-11-9-13-25(27)26-14-10-12-16-28(26)37)30-22-24(2)18-20-32(30)41-34(39)43-36(6,7)8/h9-22H,1-8H3. The van der Waals surface area contributed by atoms with Gasteiger partial charge >= 0.3 is 12.3 Å². The molecule has 43 heavy (non-hydrogen) atoms. The van der Waals surface area contributed by atoms with Crippen molar-refractivity contribution in [2.24, 2.45) is 0 Å². The van der Waals surface area contributed by atoms with E-state index >= 15 is 0 Å². The van der Waals surface area contributed by atoms with Crippen molar-refractivity contribution in [2.75, 3.05) is 0 Å². The van der Waals surface area contributed by atoms with Gasteiger partial charge in [0, 0.05) is 11.1 Å². The number of carbonyl (C=O) groups is 2. The van der Waals surface area contributed by atoms with Crippen molar-refractivity contribution >= 4 is 12.3 Å². The zero-order valence-electron chi connectivity index (χ0n) is 26.0. The van der Waals surface area contributed by atoms with E-state index in [1.807, 2.05) is 62.4 Å². The van der Waals surface area contributed by atoms with E-state index in [4.69, 9.17) is 18.9 Å². The Hall–Kier alpha value is -4.58. The Morgan fingerprint density at radius 3 is 1.28 bits per heavy atom. The summed E-state index contributed by atoms with van der Waals surface area (Å²) in [6, 6.07) is 27.8. The molecule has 0 N–H and O–H groups in total. The largest absolute Gasteiger partial charge is 0.514 e. The highest BCUT2D eigenvalue weighted by atomic mass is 16.7. The van der Waals surface area contributed by atoms with Crippen LogP contribution in [-0.2, 0) is 14.9 Å². The monoisotopic (exact) mass is 578 g/mol. The first-order valence-corrected chi connectivity index (χ1v) is 14.4. The zero-order chi connectivity index (χ0) is 31.2. The predicted octanol–water partition coefficient (Wildman–Crippen LogP) is 9.29. The highest BCUT2D eigenvalue weighted by molar-refractivity contribution is 5.88. The Balaban J connectivity index is 1.85. The van der Waals surface area contributed by atoms with Gasteiger partial charge in [-0.1, -0.05) is 83.9 Å². The van der Waals surface area contributed by atoms with Crippen molar-refractivity contribution in [3.8, 4) is 22.6 Å². The summed E-state index contributed by atoms with van der Waals surface area (Å²) >= 11 is 0. The van der Waals surface area contributed by atoms with Gasteiger partial charge in [0.2, 0.25) is 0 Å². The van der Waals surface area contributed by atoms with Crippen LogP contribution in [0.25, 0.3) is 11.1 Å². The summed E-state index contributed by atoms with van der Waals surface area (Å²) in [5, 5.41) is 0. The number of aryl methyl sites for hydroxylation is 2. The van der Waals surface area contributed by atoms with E-state index in [1.165, 1.54) is 0 Å². The summed E-state index contributed by atoms with van der Waals surface area (Å²) in [6.07, 6.45) is -1.61. The second-order valence-electron chi connectivity index (χ2n) is 13.0. The van der Waals surface area contributed by atoms with Gasteiger partial charge in [-0.25, -0.2) is 9.59 Å². The fourth-order valence-electron chi connectivity index (χ4n) is 5.73. The smallest absolute Gasteiger partial charge is 0.428 e. The molecule has 0 radical (unpaired) electrons. The van der Waals surface area contributed by atoms with Gasteiger partial charge in [0.05, 0.1) is 5.41 Å². The van der Waals surface area contributed by atoms with E-state index < -0.39 is 28.9 Å². The molecule has 4 aromatic rings. The number of hydrogen-bond acceptors (Lipinski definition) is 6. The highest BCUT2D eigenvalue weighted by Crippen LogP contribution is 2.59. The first-order valence-electron chi connectivity index (χ1n) is 14.4. The molecule has 1 aliphatic carbocycles. The third-order valence-electron chi connectivity index (χ3n) is 7.20. The maximum Gasteiger partial charge on any atom is 0.514 e. The Kier molecular flexibility index (Phi) is 7.59. The van der Waals surface area contributed by atoms with E-state index in [-0.39, 0.29) is 0 Å². The van der Waals surface area contributed by atoms with Crippen LogP contribution in [-0.4, -0.2) is 23.5 Å². The van der Waals surface area contributed by atoms with Crippen LogP contribution in [0.4, 0.5) is 9.59 Å². The summed E-state index contributed by atoms with van der Waals surface area (Å²) in [7, 11) is 0. The lowest BCUT2D eigenvalue weighted by Gasteiger charge is -2.36. The Labute approximate surface area is 253 Å². The quantitative estimate of drug-likeness (QED) is 0.156. The van der Waals surface area contributed by atoms with E-state index in [0.717, 1.165) is 44.5 Å². The molecule has 0 saturated heterocycles. The van der Waals surface area contributed by atoms with Crippen LogP contribution in [0.15, 0.2) is 84.9 Å². The molecule has 4 aromatic carbocycles. The number of rotatable bonds is 4. The zero-order valence-corrected chi connectivity index (χ0v) is 26.0. The van der Waals surface area contributed by atoms with Crippen LogP contribution >= 0.6 is 0 Å². The topological polar surface area (TPSA) is 71.1 Å². The second-order valence-corrected chi connectivity index (χ2v) is 13.0. The van der Waals surface area contributed by atoms with Crippen molar-refractivity contribution in [1.29, 1.82) is 0 Å². The Bertz CT molecular complexity index is 1580. The number of ether oxygens (including phenoxy) is 4. The molecule has 0 fully saturated rings. The maximum atomic E-state index is 13.1. The van der Waals surface area contributed by atoms with Crippen LogP contribution in [0.1, 0.15) is 74.9 Å². The van der Waals surface area contributed by atoms with Crippen molar-refractivity contribution in [1.82, 2.24) is 0 Å². The molecule has 0 spiro atoms. The summed E-state index contributed by atoms with van der Waals surface area (Å²) in [6.45, 7) is 14.8. The van der Waals surface area contributed by atoms with E-state index in [9.17, 15) is 9.59 Å². The Morgan fingerprint density at radius 2 is 0.907 bits per heavy atom. The Morgan fingerprint density at radius 1 is 0.535 bits per heavy atom. The molecule has 0 aromatic heterocycles. The predicted molar refractivity (Wildman–Crippen MR) is 167 cm³/mol. The number of benzene rings is 4. The SMILES string of the molecule is Cc1ccc(OC(=O)OC(C)(C)C)c(C2(c3cc(C)ccc3OC(=O)OC(C)(C)C)c3ccccc3-c3ccccc32)c1. The van der Waals surface area contributed by atoms with E-state index in [1.54, 1.807) is 53.7 Å². The molecule has 222 valence electrons. The first-order chi connectivity index (χ1) is 20.2. The minimum absolute atomic E-state index is 0.344. The van der Waals surface area contributed by atoms with E-state index in [2.05, 4.69) is 24.3 Å². The van der Waals surface area contributed by atoms with Crippen molar-refractivity contribution < 1.29 is 28.5 Å².